The lowest BCUT2D eigenvalue weighted by molar-refractivity contribution is 0.655. The second kappa shape index (κ2) is 2.06. The summed E-state index contributed by atoms with van der Waals surface area (Å²) in [7, 11) is 2.51. The molecule has 0 aliphatic heterocycles. The van der Waals surface area contributed by atoms with Crippen LogP contribution in [0.15, 0.2) is 28.9 Å². The van der Waals surface area contributed by atoms with Crippen LogP contribution >= 0.6 is 9.24 Å². The van der Waals surface area contributed by atoms with Gasteiger partial charge in [-0.25, -0.2) is 0 Å². The molecule has 1 unspecified atom stereocenters. The molecule has 0 fully saturated rings. The van der Waals surface area contributed by atoms with Crippen LogP contribution in [0.1, 0.15) is 0 Å². The van der Waals surface area contributed by atoms with E-state index in [4.69, 9.17) is 4.42 Å². The van der Waals surface area contributed by atoms with Gasteiger partial charge in [-0.1, -0.05) is 9.24 Å². The number of rotatable bonds is 0. The number of fused-ring (bicyclic) bond motifs is 1. The molecule has 3 heteroatoms. The molecule has 2 rings (SSSR count). The van der Waals surface area contributed by atoms with Crippen molar-refractivity contribution in [1.82, 2.24) is 4.98 Å². The van der Waals surface area contributed by atoms with Gasteiger partial charge in [0, 0.05) is 17.8 Å². The molecular weight excluding hydrogens is 145 g/mol. The van der Waals surface area contributed by atoms with Crippen LogP contribution in [-0.2, 0) is 0 Å². The van der Waals surface area contributed by atoms with E-state index in [-0.39, 0.29) is 0 Å². The Hall–Kier alpha value is -0.880. The molecule has 0 aliphatic rings. The van der Waals surface area contributed by atoms with E-state index < -0.39 is 0 Å². The van der Waals surface area contributed by atoms with Crippen LogP contribution in [0.4, 0.5) is 0 Å². The molecule has 0 N–H and O–H groups in total. The lowest BCUT2D eigenvalue weighted by atomic mass is 10.3. The summed E-state index contributed by atoms with van der Waals surface area (Å²) in [5.41, 5.74) is 1.74. The molecule has 0 bridgehead atoms. The molecule has 0 saturated carbocycles. The van der Waals surface area contributed by atoms with Crippen molar-refractivity contribution in [3.63, 3.8) is 0 Å². The van der Waals surface area contributed by atoms with Crippen LogP contribution < -0.4 is 5.50 Å². The summed E-state index contributed by atoms with van der Waals surface area (Å²) >= 11 is 0. The Kier molecular flexibility index (Phi) is 1.21. The minimum atomic E-state index is 0.850. The fourth-order valence-corrected chi connectivity index (χ4v) is 1.21. The van der Waals surface area contributed by atoms with Crippen molar-refractivity contribution in [2.45, 2.75) is 0 Å². The zero-order chi connectivity index (χ0) is 6.97. The van der Waals surface area contributed by atoms with E-state index >= 15 is 0 Å². The van der Waals surface area contributed by atoms with Crippen LogP contribution in [0.5, 0.6) is 0 Å². The first-order chi connectivity index (χ1) is 4.86. The topological polar surface area (TPSA) is 26.0 Å². The summed E-state index contributed by atoms with van der Waals surface area (Å²) in [6.07, 6.45) is 3.50. The lowest BCUT2D eigenvalue weighted by Gasteiger charge is -1.81. The van der Waals surface area contributed by atoms with E-state index in [1.54, 1.807) is 12.4 Å². The van der Waals surface area contributed by atoms with Crippen molar-refractivity contribution in [2.75, 3.05) is 0 Å². The normalized spacial score (nSPS) is 10.5. The molecule has 2 heterocycles. The number of nitrogens with zero attached hydrogens (tertiary/aromatic N) is 1. The monoisotopic (exact) mass is 151 g/mol. The summed E-state index contributed by atoms with van der Waals surface area (Å²) in [5.74, 6) is 0. The van der Waals surface area contributed by atoms with Crippen molar-refractivity contribution >= 4 is 25.7 Å². The minimum absolute atomic E-state index is 0.850. The Bertz CT molecular complexity index is 322. The van der Waals surface area contributed by atoms with E-state index in [9.17, 15) is 0 Å². The van der Waals surface area contributed by atoms with E-state index in [0.717, 1.165) is 16.5 Å². The zero-order valence-electron chi connectivity index (χ0n) is 5.24. The molecule has 2 aromatic heterocycles. The molecule has 1 atom stereocenters. The van der Waals surface area contributed by atoms with Crippen LogP contribution in [0, 0.1) is 0 Å². The highest BCUT2D eigenvalue weighted by atomic mass is 31.0. The average molecular weight is 151 g/mol. The van der Waals surface area contributed by atoms with Gasteiger partial charge >= 0.3 is 0 Å². The summed E-state index contributed by atoms with van der Waals surface area (Å²) in [4.78, 5) is 3.96. The number of furan rings is 1. The molecule has 10 heavy (non-hydrogen) atoms. The summed E-state index contributed by atoms with van der Waals surface area (Å²) in [6.45, 7) is 0. The van der Waals surface area contributed by atoms with Gasteiger partial charge in [0.15, 0.2) is 0 Å². The second-order valence-corrected chi connectivity index (χ2v) is 2.63. The maximum Gasteiger partial charge on any atom is 0.137 e. The Morgan fingerprint density at radius 3 is 3.20 bits per heavy atom. The summed E-state index contributed by atoms with van der Waals surface area (Å²) in [6, 6.07) is 3.79. The highest BCUT2D eigenvalue weighted by Crippen LogP contribution is 2.12. The van der Waals surface area contributed by atoms with Crippen LogP contribution in [0.2, 0.25) is 0 Å². The number of hydrogen-bond acceptors (Lipinski definition) is 2. The van der Waals surface area contributed by atoms with Gasteiger partial charge in [-0.05, 0) is 12.1 Å². The molecule has 0 saturated heterocycles. The van der Waals surface area contributed by atoms with Gasteiger partial charge in [-0.15, -0.1) is 0 Å². The predicted octanol–water partition coefficient (Wildman–Crippen LogP) is 1.33. The van der Waals surface area contributed by atoms with Crippen LogP contribution in [0.3, 0.4) is 0 Å². The van der Waals surface area contributed by atoms with Crippen molar-refractivity contribution in [3.8, 4) is 0 Å². The molecule has 0 aromatic carbocycles. The first-order valence-corrected chi connectivity index (χ1v) is 3.53. The highest BCUT2D eigenvalue weighted by Gasteiger charge is 1.96. The second-order valence-electron chi connectivity index (χ2n) is 2.06. The smallest absolute Gasteiger partial charge is 0.137 e. The van der Waals surface area contributed by atoms with Gasteiger partial charge in [0.1, 0.15) is 11.1 Å². The van der Waals surface area contributed by atoms with E-state index in [1.807, 2.05) is 12.1 Å². The summed E-state index contributed by atoms with van der Waals surface area (Å²) < 4.78 is 5.29. The Morgan fingerprint density at radius 1 is 1.50 bits per heavy atom. The fourth-order valence-electron chi connectivity index (χ4n) is 0.905. The minimum Gasteiger partial charge on any atom is -0.457 e. The van der Waals surface area contributed by atoms with Gasteiger partial charge in [0.25, 0.3) is 0 Å². The van der Waals surface area contributed by atoms with E-state index in [0.29, 0.717) is 0 Å². The van der Waals surface area contributed by atoms with Gasteiger partial charge in [-0.2, -0.15) is 0 Å². The van der Waals surface area contributed by atoms with Crippen molar-refractivity contribution < 1.29 is 4.42 Å². The van der Waals surface area contributed by atoms with Gasteiger partial charge in [0.2, 0.25) is 0 Å². The maximum absolute atomic E-state index is 5.29. The fraction of sp³-hybridized carbons (Fsp3) is 0. The molecule has 2 aromatic rings. The molecule has 50 valence electrons. The van der Waals surface area contributed by atoms with E-state index in [2.05, 4.69) is 14.2 Å². The molecule has 2 nitrogen and oxygen atoms in total. The number of hydrogen-bond donors (Lipinski definition) is 0. The van der Waals surface area contributed by atoms with Gasteiger partial charge in [-0.3, -0.25) is 4.98 Å². The molecule has 0 radical (unpaired) electrons. The first-order valence-electron chi connectivity index (χ1n) is 2.95. The standard InChI is InChI=1S/C7H6NOP/c10-7-3-5-4-8-2-1-6(5)9-7/h1-4H,10H2. The SMILES string of the molecule is Pc1cc2cnccc2o1. The average Bonchev–Trinajstić information content (AvgIpc) is 2.27. The van der Waals surface area contributed by atoms with Crippen molar-refractivity contribution in [2.24, 2.45) is 0 Å². The molecule has 0 spiro atoms. The van der Waals surface area contributed by atoms with Gasteiger partial charge < -0.3 is 4.42 Å². The highest BCUT2D eigenvalue weighted by molar-refractivity contribution is 7.26. The Morgan fingerprint density at radius 2 is 2.40 bits per heavy atom. The first kappa shape index (κ1) is 5.87. The third kappa shape index (κ3) is 0.812. The lowest BCUT2D eigenvalue weighted by Crippen LogP contribution is -1.75. The van der Waals surface area contributed by atoms with Gasteiger partial charge in [0.05, 0.1) is 0 Å². The number of pyridine rings is 1. The van der Waals surface area contributed by atoms with Crippen molar-refractivity contribution in [3.05, 3.63) is 24.5 Å². The number of aromatic nitrogens is 1. The summed E-state index contributed by atoms with van der Waals surface area (Å²) in [5, 5.41) is 1.05. The zero-order valence-corrected chi connectivity index (χ0v) is 6.40. The molecule has 0 amide bonds. The van der Waals surface area contributed by atoms with Crippen LogP contribution in [-0.4, -0.2) is 4.98 Å². The Labute approximate surface area is 60.5 Å². The quantitative estimate of drug-likeness (QED) is 0.531. The van der Waals surface area contributed by atoms with Crippen molar-refractivity contribution in [1.29, 1.82) is 0 Å². The molecular formula is C7H6NOP. The third-order valence-corrected chi connectivity index (χ3v) is 1.62. The van der Waals surface area contributed by atoms with Crippen LogP contribution in [0.25, 0.3) is 11.0 Å². The van der Waals surface area contributed by atoms with E-state index in [1.165, 1.54) is 0 Å². The Balaban J connectivity index is 2.88. The largest absolute Gasteiger partial charge is 0.457 e. The maximum atomic E-state index is 5.29. The predicted molar refractivity (Wildman–Crippen MR) is 43.4 cm³/mol. The third-order valence-electron chi connectivity index (χ3n) is 1.34. The molecule has 0 aliphatic carbocycles.